The van der Waals surface area contributed by atoms with Gasteiger partial charge in [0.05, 0.1) is 6.42 Å². The molecule has 7 nitrogen and oxygen atoms in total. The van der Waals surface area contributed by atoms with Crippen LogP contribution in [0.5, 0.6) is 11.5 Å². The minimum atomic E-state index is -0.624. The zero-order valence-corrected chi connectivity index (χ0v) is 22.3. The van der Waals surface area contributed by atoms with Gasteiger partial charge in [-0.25, -0.2) is 0 Å². The van der Waals surface area contributed by atoms with E-state index in [1.807, 2.05) is 52.0 Å². The van der Waals surface area contributed by atoms with Crippen molar-refractivity contribution in [1.82, 2.24) is 0 Å². The second kappa shape index (κ2) is 12.4. The van der Waals surface area contributed by atoms with Crippen LogP contribution in [0.4, 0.5) is 11.4 Å². The molecule has 3 aromatic rings. The third-order valence-corrected chi connectivity index (χ3v) is 6.63. The van der Waals surface area contributed by atoms with Crippen molar-refractivity contribution in [2.45, 2.75) is 40.5 Å². The first-order valence-corrected chi connectivity index (χ1v) is 12.3. The number of rotatable bonds is 9. The van der Waals surface area contributed by atoms with E-state index in [4.69, 9.17) is 9.47 Å². The molecule has 0 radical (unpaired) electrons. The van der Waals surface area contributed by atoms with Gasteiger partial charge in [0.15, 0.2) is 6.61 Å². The maximum Gasteiger partial charge on any atom is 0.306 e. The van der Waals surface area contributed by atoms with Crippen molar-refractivity contribution < 1.29 is 23.9 Å². The van der Waals surface area contributed by atoms with E-state index in [2.05, 4.69) is 26.6 Å². The second-order valence-electron chi connectivity index (χ2n) is 8.47. The average molecular weight is 553 g/mol. The Morgan fingerprint density at radius 1 is 0.750 bits per heavy atom. The van der Waals surface area contributed by atoms with E-state index in [-0.39, 0.29) is 18.7 Å². The Labute approximate surface area is 219 Å². The van der Waals surface area contributed by atoms with Crippen molar-refractivity contribution >= 4 is 45.1 Å². The van der Waals surface area contributed by atoms with E-state index in [1.165, 1.54) is 5.56 Å². The summed E-state index contributed by atoms with van der Waals surface area (Å²) in [6, 6.07) is 16.5. The van der Waals surface area contributed by atoms with E-state index >= 15 is 0 Å². The van der Waals surface area contributed by atoms with Crippen molar-refractivity contribution in [3.63, 3.8) is 0 Å². The number of hydrogen-bond acceptors (Lipinski definition) is 5. The molecule has 0 saturated heterocycles. The summed E-state index contributed by atoms with van der Waals surface area (Å²) in [4.78, 5) is 36.3. The molecule has 36 heavy (non-hydrogen) atoms. The first-order valence-electron chi connectivity index (χ1n) is 11.5. The number of carbonyl (C=O) groups excluding carboxylic acids is 3. The molecule has 0 aliphatic rings. The van der Waals surface area contributed by atoms with Crippen LogP contribution in [-0.4, -0.2) is 24.4 Å². The molecule has 0 aromatic heterocycles. The van der Waals surface area contributed by atoms with Gasteiger partial charge < -0.3 is 20.1 Å². The molecule has 0 aliphatic heterocycles. The standard InChI is InChI=1S/C28H29BrN2O5/c1-17-5-8-23(15-18(17)2)36-22-9-6-21(7-10-22)30-26(32)13-14-28(34)35-16-27(33)31-25-12-11-24(29)19(3)20(25)4/h5-12,15H,13-14,16H2,1-4H3,(H,30,32)(H,31,33). The fourth-order valence-corrected chi connectivity index (χ4v) is 3.72. The van der Waals surface area contributed by atoms with Crippen molar-refractivity contribution in [3.8, 4) is 11.5 Å². The third-order valence-electron chi connectivity index (χ3n) is 5.77. The van der Waals surface area contributed by atoms with Crippen molar-refractivity contribution in [2.24, 2.45) is 0 Å². The maximum atomic E-state index is 12.2. The van der Waals surface area contributed by atoms with Gasteiger partial charge >= 0.3 is 5.97 Å². The second-order valence-corrected chi connectivity index (χ2v) is 9.33. The molecule has 0 bridgehead atoms. The van der Waals surface area contributed by atoms with E-state index in [1.54, 1.807) is 30.3 Å². The first kappa shape index (κ1) is 26.9. The highest BCUT2D eigenvalue weighted by Crippen LogP contribution is 2.26. The summed E-state index contributed by atoms with van der Waals surface area (Å²) in [6.07, 6.45) is -0.199. The van der Waals surface area contributed by atoms with Gasteiger partial charge in [0, 0.05) is 22.3 Å². The van der Waals surface area contributed by atoms with Crippen LogP contribution in [0.2, 0.25) is 0 Å². The van der Waals surface area contributed by atoms with Crippen molar-refractivity contribution in [2.75, 3.05) is 17.2 Å². The summed E-state index contributed by atoms with van der Waals surface area (Å²) in [6.45, 7) is 7.48. The zero-order chi connectivity index (χ0) is 26.2. The molecule has 2 amide bonds. The predicted octanol–water partition coefficient (Wildman–Crippen LogP) is 6.38. The molecule has 0 spiro atoms. The summed E-state index contributed by atoms with van der Waals surface area (Å²) in [5.74, 6) is -0.0159. The van der Waals surface area contributed by atoms with Crippen LogP contribution in [0.25, 0.3) is 0 Å². The highest BCUT2D eigenvalue weighted by molar-refractivity contribution is 9.10. The predicted molar refractivity (Wildman–Crippen MR) is 144 cm³/mol. The average Bonchev–Trinajstić information content (AvgIpc) is 2.85. The van der Waals surface area contributed by atoms with E-state index < -0.39 is 18.5 Å². The maximum absolute atomic E-state index is 12.2. The number of benzene rings is 3. The summed E-state index contributed by atoms with van der Waals surface area (Å²) in [5, 5.41) is 5.46. The summed E-state index contributed by atoms with van der Waals surface area (Å²) < 4.78 is 11.8. The normalized spacial score (nSPS) is 10.5. The molecule has 188 valence electrons. The Bertz CT molecular complexity index is 1270. The smallest absolute Gasteiger partial charge is 0.306 e. The Kier molecular flexibility index (Phi) is 9.25. The van der Waals surface area contributed by atoms with Crippen molar-refractivity contribution in [3.05, 3.63) is 81.3 Å². The van der Waals surface area contributed by atoms with Gasteiger partial charge in [0.25, 0.3) is 5.91 Å². The molecule has 0 saturated carbocycles. The van der Waals surface area contributed by atoms with Gasteiger partial charge in [-0.2, -0.15) is 0 Å². The number of anilines is 2. The molecule has 3 aromatic carbocycles. The number of ether oxygens (including phenoxy) is 2. The number of aryl methyl sites for hydroxylation is 2. The summed E-state index contributed by atoms with van der Waals surface area (Å²) in [7, 11) is 0. The lowest BCUT2D eigenvalue weighted by atomic mass is 10.1. The Balaban J connectivity index is 1.39. The highest BCUT2D eigenvalue weighted by atomic mass is 79.9. The number of amides is 2. The molecule has 0 heterocycles. The topological polar surface area (TPSA) is 93.7 Å². The molecule has 0 aliphatic carbocycles. The molecule has 0 fully saturated rings. The lowest BCUT2D eigenvalue weighted by Gasteiger charge is -2.12. The Morgan fingerprint density at radius 3 is 2.14 bits per heavy atom. The first-order chi connectivity index (χ1) is 17.1. The SMILES string of the molecule is Cc1ccc(Oc2ccc(NC(=O)CCC(=O)OCC(=O)Nc3ccc(Br)c(C)c3C)cc2)cc1C. The van der Waals surface area contributed by atoms with Crippen molar-refractivity contribution in [1.29, 1.82) is 0 Å². The summed E-state index contributed by atoms with van der Waals surface area (Å²) >= 11 is 3.44. The van der Waals surface area contributed by atoms with Crippen LogP contribution in [0.15, 0.2) is 59.1 Å². The number of nitrogens with one attached hydrogen (secondary N) is 2. The number of halogens is 1. The Hall–Kier alpha value is -3.65. The monoisotopic (exact) mass is 552 g/mol. The fraction of sp³-hybridized carbons (Fsp3) is 0.250. The van der Waals surface area contributed by atoms with Gasteiger partial charge in [-0.1, -0.05) is 22.0 Å². The van der Waals surface area contributed by atoms with Gasteiger partial charge in [-0.05, 0) is 98.5 Å². The number of carbonyl (C=O) groups is 3. The van der Waals surface area contributed by atoms with E-state index in [0.717, 1.165) is 26.9 Å². The van der Waals surface area contributed by atoms with E-state index in [9.17, 15) is 14.4 Å². The summed E-state index contributed by atoms with van der Waals surface area (Å²) in [5.41, 5.74) is 5.51. The lowest BCUT2D eigenvalue weighted by molar-refractivity contribution is -0.147. The third kappa shape index (κ3) is 7.68. The van der Waals surface area contributed by atoms with Crippen LogP contribution in [0.1, 0.15) is 35.1 Å². The van der Waals surface area contributed by atoms with Crippen LogP contribution in [0, 0.1) is 27.7 Å². The fourth-order valence-electron chi connectivity index (χ4n) is 3.29. The van der Waals surface area contributed by atoms with Gasteiger partial charge in [-0.3, -0.25) is 14.4 Å². The molecular formula is C28H29BrN2O5. The number of hydrogen-bond donors (Lipinski definition) is 2. The number of esters is 1. The van der Waals surface area contributed by atoms with Gasteiger partial charge in [-0.15, -0.1) is 0 Å². The molecule has 8 heteroatoms. The lowest BCUT2D eigenvalue weighted by Crippen LogP contribution is -2.22. The molecular weight excluding hydrogens is 524 g/mol. The minimum absolute atomic E-state index is 0.0631. The van der Waals surface area contributed by atoms with Crippen LogP contribution in [-0.2, 0) is 19.1 Å². The van der Waals surface area contributed by atoms with Crippen LogP contribution < -0.4 is 15.4 Å². The highest BCUT2D eigenvalue weighted by Gasteiger charge is 2.13. The van der Waals surface area contributed by atoms with Gasteiger partial charge in [0.1, 0.15) is 11.5 Å². The quantitative estimate of drug-likeness (QED) is 0.300. The van der Waals surface area contributed by atoms with Crippen LogP contribution in [0.3, 0.4) is 0 Å². The molecule has 0 unspecified atom stereocenters. The zero-order valence-electron chi connectivity index (χ0n) is 20.7. The van der Waals surface area contributed by atoms with E-state index in [0.29, 0.717) is 17.1 Å². The molecule has 0 atom stereocenters. The molecule has 2 N–H and O–H groups in total. The molecule has 3 rings (SSSR count). The van der Waals surface area contributed by atoms with Gasteiger partial charge in [0.2, 0.25) is 5.91 Å². The van der Waals surface area contributed by atoms with Crippen LogP contribution >= 0.6 is 15.9 Å². The Morgan fingerprint density at radius 2 is 1.44 bits per heavy atom. The largest absolute Gasteiger partial charge is 0.457 e. The minimum Gasteiger partial charge on any atom is -0.457 e.